The van der Waals surface area contributed by atoms with Crippen molar-refractivity contribution in [1.29, 1.82) is 0 Å². The van der Waals surface area contributed by atoms with E-state index in [1.54, 1.807) is 13.8 Å². The predicted molar refractivity (Wildman–Crippen MR) is 56.3 cm³/mol. The minimum absolute atomic E-state index is 0.355. The van der Waals surface area contributed by atoms with Crippen molar-refractivity contribution in [3.05, 3.63) is 28.4 Å². The Morgan fingerprint density at radius 1 is 1.50 bits per heavy atom. The molecule has 0 amide bonds. The Bertz CT molecular complexity index is 498. The molecule has 0 saturated heterocycles. The largest absolute Gasteiger partial charge is 0.308 e. The lowest BCUT2D eigenvalue weighted by Gasteiger charge is -2.08. The van der Waals surface area contributed by atoms with Crippen LogP contribution in [-0.4, -0.2) is 24.4 Å². The minimum atomic E-state index is -3.94. The van der Waals surface area contributed by atoms with Gasteiger partial charge in [-0.2, -0.15) is 0 Å². The summed E-state index contributed by atoms with van der Waals surface area (Å²) in [4.78, 5) is 13.4. The van der Waals surface area contributed by atoms with Crippen molar-refractivity contribution < 1.29 is 13.3 Å². The number of nitrogens with zero attached hydrogens (tertiary/aromatic N) is 2. The fourth-order valence-electron chi connectivity index (χ4n) is 1.09. The highest BCUT2D eigenvalue weighted by Gasteiger charge is 2.27. The lowest BCUT2D eigenvalue weighted by atomic mass is 10.4. The summed E-state index contributed by atoms with van der Waals surface area (Å²) in [6.07, 6.45) is 1.20. The molecule has 8 heteroatoms. The van der Waals surface area contributed by atoms with Crippen LogP contribution < -0.4 is 4.72 Å². The number of sulfonamides is 1. The quantitative estimate of drug-likeness (QED) is 0.620. The van der Waals surface area contributed by atoms with Gasteiger partial charge in [0.15, 0.2) is 0 Å². The van der Waals surface area contributed by atoms with E-state index in [2.05, 4.69) is 9.71 Å². The molecular formula is C8H11N3O4S. The average Bonchev–Trinajstić information content (AvgIpc) is 2.15. The number of nitro groups is 1. The van der Waals surface area contributed by atoms with E-state index in [4.69, 9.17) is 0 Å². The van der Waals surface area contributed by atoms with E-state index < -0.39 is 25.7 Å². The third-order valence-corrected chi connectivity index (χ3v) is 3.20. The third-order valence-electron chi connectivity index (χ3n) is 1.59. The van der Waals surface area contributed by atoms with Crippen LogP contribution in [0.4, 0.5) is 5.69 Å². The first kappa shape index (κ1) is 12.5. The van der Waals surface area contributed by atoms with E-state index in [1.165, 1.54) is 12.3 Å². The first-order chi connectivity index (χ1) is 7.34. The van der Waals surface area contributed by atoms with E-state index in [1.807, 2.05) is 0 Å². The van der Waals surface area contributed by atoms with Crippen molar-refractivity contribution in [2.24, 2.45) is 0 Å². The Hall–Kier alpha value is -1.54. The second-order valence-corrected chi connectivity index (χ2v) is 4.99. The van der Waals surface area contributed by atoms with Crippen molar-refractivity contribution in [3.8, 4) is 0 Å². The molecule has 7 nitrogen and oxygen atoms in total. The molecule has 0 radical (unpaired) electrons. The van der Waals surface area contributed by atoms with E-state index in [0.29, 0.717) is 0 Å². The van der Waals surface area contributed by atoms with Crippen LogP contribution in [0.5, 0.6) is 0 Å². The molecule has 1 rings (SSSR count). The molecule has 0 atom stereocenters. The Morgan fingerprint density at radius 3 is 2.62 bits per heavy atom. The Labute approximate surface area is 92.7 Å². The zero-order chi connectivity index (χ0) is 12.3. The van der Waals surface area contributed by atoms with Crippen LogP contribution in [0.15, 0.2) is 23.4 Å². The maximum atomic E-state index is 11.7. The molecule has 0 aliphatic carbocycles. The number of nitrogens with one attached hydrogen (secondary N) is 1. The number of aromatic nitrogens is 1. The van der Waals surface area contributed by atoms with Gasteiger partial charge in [-0.05, 0) is 19.9 Å². The molecule has 0 aliphatic rings. The van der Waals surface area contributed by atoms with Crippen LogP contribution >= 0.6 is 0 Å². The SMILES string of the molecule is CC(C)NS(=O)(=O)c1ncccc1[N+](=O)[O-]. The Balaban J connectivity index is 3.28. The topological polar surface area (TPSA) is 102 Å². The fraction of sp³-hybridized carbons (Fsp3) is 0.375. The molecule has 1 N–H and O–H groups in total. The predicted octanol–water partition coefficient (Wildman–Crippen LogP) is 0.676. The molecule has 16 heavy (non-hydrogen) atoms. The molecule has 1 aromatic heterocycles. The van der Waals surface area contributed by atoms with Crippen LogP contribution in [0, 0.1) is 10.1 Å². The lowest BCUT2D eigenvalue weighted by molar-refractivity contribution is -0.388. The van der Waals surface area contributed by atoms with Crippen LogP contribution in [0.2, 0.25) is 0 Å². The monoisotopic (exact) mass is 245 g/mol. The summed E-state index contributed by atoms with van der Waals surface area (Å²) >= 11 is 0. The lowest BCUT2D eigenvalue weighted by Crippen LogP contribution is -2.31. The van der Waals surface area contributed by atoms with Gasteiger partial charge in [-0.1, -0.05) is 0 Å². The summed E-state index contributed by atoms with van der Waals surface area (Å²) in [6, 6.07) is 2.06. The van der Waals surface area contributed by atoms with Gasteiger partial charge < -0.3 is 0 Å². The highest BCUT2D eigenvalue weighted by Crippen LogP contribution is 2.20. The third kappa shape index (κ3) is 2.74. The molecule has 0 aliphatic heterocycles. The van der Waals surface area contributed by atoms with Crippen LogP contribution in [0.25, 0.3) is 0 Å². The molecule has 1 heterocycles. The maximum Gasteiger partial charge on any atom is 0.308 e. The fourth-order valence-corrected chi connectivity index (χ4v) is 2.44. The Kier molecular flexibility index (Phi) is 3.55. The van der Waals surface area contributed by atoms with Gasteiger partial charge in [-0.3, -0.25) is 10.1 Å². The normalized spacial score (nSPS) is 11.7. The number of hydrogen-bond acceptors (Lipinski definition) is 5. The summed E-state index contributed by atoms with van der Waals surface area (Å²) in [7, 11) is -3.94. The van der Waals surface area contributed by atoms with Crippen molar-refractivity contribution >= 4 is 15.7 Å². The van der Waals surface area contributed by atoms with Gasteiger partial charge in [0.25, 0.3) is 10.0 Å². The minimum Gasteiger partial charge on any atom is -0.258 e. The number of hydrogen-bond donors (Lipinski definition) is 1. The zero-order valence-corrected chi connectivity index (χ0v) is 9.56. The summed E-state index contributed by atoms with van der Waals surface area (Å²) in [5.74, 6) is 0. The van der Waals surface area contributed by atoms with E-state index in [-0.39, 0.29) is 6.04 Å². The Morgan fingerprint density at radius 2 is 2.12 bits per heavy atom. The van der Waals surface area contributed by atoms with Crippen LogP contribution in [-0.2, 0) is 10.0 Å². The second-order valence-electron chi connectivity index (χ2n) is 3.36. The van der Waals surface area contributed by atoms with Gasteiger partial charge in [0.2, 0.25) is 5.03 Å². The van der Waals surface area contributed by atoms with Crippen molar-refractivity contribution in [2.75, 3.05) is 0 Å². The highest BCUT2D eigenvalue weighted by molar-refractivity contribution is 7.89. The summed E-state index contributed by atoms with van der Waals surface area (Å²) in [6.45, 7) is 3.23. The molecule has 0 saturated carbocycles. The first-order valence-electron chi connectivity index (χ1n) is 4.46. The van der Waals surface area contributed by atoms with Gasteiger partial charge in [0.05, 0.1) is 4.92 Å². The average molecular weight is 245 g/mol. The van der Waals surface area contributed by atoms with E-state index in [0.717, 1.165) is 6.07 Å². The van der Waals surface area contributed by atoms with Crippen molar-refractivity contribution in [3.63, 3.8) is 0 Å². The molecular weight excluding hydrogens is 234 g/mol. The maximum absolute atomic E-state index is 11.7. The second kappa shape index (κ2) is 4.54. The summed E-state index contributed by atoms with van der Waals surface area (Å²) < 4.78 is 25.6. The first-order valence-corrected chi connectivity index (χ1v) is 5.94. The van der Waals surface area contributed by atoms with Gasteiger partial charge in [-0.15, -0.1) is 0 Å². The molecule has 0 aromatic carbocycles. The zero-order valence-electron chi connectivity index (χ0n) is 8.75. The van der Waals surface area contributed by atoms with Crippen LogP contribution in [0.1, 0.15) is 13.8 Å². The molecule has 0 unspecified atom stereocenters. The van der Waals surface area contributed by atoms with Gasteiger partial charge in [-0.25, -0.2) is 18.1 Å². The summed E-state index contributed by atoms with van der Waals surface area (Å²) in [5, 5.41) is 10.1. The molecule has 88 valence electrons. The molecule has 0 bridgehead atoms. The van der Waals surface area contributed by atoms with Crippen LogP contribution in [0.3, 0.4) is 0 Å². The molecule has 1 aromatic rings. The van der Waals surface area contributed by atoms with Crippen molar-refractivity contribution in [1.82, 2.24) is 9.71 Å². The molecule has 0 fully saturated rings. The number of rotatable bonds is 4. The molecule has 0 spiro atoms. The van der Waals surface area contributed by atoms with Gasteiger partial charge in [0.1, 0.15) is 0 Å². The standard InChI is InChI=1S/C8H11N3O4S/c1-6(2)10-16(14,15)8-7(11(12)13)4-3-5-9-8/h3-6,10H,1-2H3. The highest BCUT2D eigenvalue weighted by atomic mass is 32.2. The van der Waals surface area contributed by atoms with E-state index >= 15 is 0 Å². The van der Waals surface area contributed by atoms with E-state index in [9.17, 15) is 18.5 Å². The summed E-state index contributed by atoms with van der Waals surface area (Å²) in [5.41, 5.74) is -0.532. The smallest absolute Gasteiger partial charge is 0.258 e. The van der Waals surface area contributed by atoms with Crippen molar-refractivity contribution in [2.45, 2.75) is 24.9 Å². The van der Waals surface area contributed by atoms with Gasteiger partial charge >= 0.3 is 5.69 Å². The van der Waals surface area contributed by atoms with Gasteiger partial charge in [0, 0.05) is 18.3 Å². The number of pyridine rings is 1.